The predicted molar refractivity (Wildman–Crippen MR) is 72.0 cm³/mol. The van der Waals surface area contributed by atoms with Crippen LogP contribution in [0.15, 0.2) is 0 Å². The second-order valence-corrected chi connectivity index (χ2v) is 6.55. The molecule has 6 atom stereocenters. The number of hydrogen-bond acceptors (Lipinski definition) is 5. The van der Waals surface area contributed by atoms with E-state index < -0.39 is 5.79 Å². The Bertz CT molecular complexity index is 362. The van der Waals surface area contributed by atoms with E-state index in [0.29, 0.717) is 19.1 Å². The molecule has 1 aliphatic heterocycles. The molecule has 116 valence electrons. The molecule has 3 aliphatic rings. The van der Waals surface area contributed by atoms with Crippen molar-refractivity contribution in [2.75, 3.05) is 27.1 Å². The van der Waals surface area contributed by atoms with E-state index in [1.165, 1.54) is 12.8 Å². The van der Waals surface area contributed by atoms with E-state index in [-0.39, 0.29) is 30.3 Å². The first kappa shape index (κ1) is 14.7. The van der Waals surface area contributed by atoms with Crippen LogP contribution >= 0.6 is 0 Å². The van der Waals surface area contributed by atoms with Crippen molar-refractivity contribution in [3.8, 4) is 0 Å². The Hall–Kier alpha value is -0.200. The van der Waals surface area contributed by atoms with Gasteiger partial charge in [0.25, 0.3) is 0 Å². The molecule has 1 heterocycles. The summed E-state index contributed by atoms with van der Waals surface area (Å²) in [6.45, 7) is 5.40. The van der Waals surface area contributed by atoms with Crippen molar-refractivity contribution in [1.29, 1.82) is 0 Å². The summed E-state index contributed by atoms with van der Waals surface area (Å²) in [5.41, 5.74) is -0.293. The first-order valence-electron chi connectivity index (χ1n) is 7.64. The Kier molecular flexibility index (Phi) is 3.84. The van der Waals surface area contributed by atoms with Gasteiger partial charge in [-0.3, -0.25) is 0 Å². The fraction of sp³-hybridized carbons (Fsp3) is 1.00. The fourth-order valence-corrected chi connectivity index (χ4v) is 4.81. The van der Waals surface area contributed by atoms with Crippen LogP contribution in [0, 0.1) is 17.3 Å². The van der Waals surface area contributed by atoms with E-state index in [0.717, 1.165) is 6.42 Å². The minimum atomic E-state index is -0.995. The van der Waals surface area contributed by atoms with E-state index >= 15 is 0 Å². The second kappa shape index (κ2) is 5.21. The van der Waals surface area contributed by atoms with Gasteiger partial charge in [-0.2, -0.15) is 0 Å². The normalized spacial score (nSPS) is 49.8. The standard InChI is InChI=1S/C15H26O5/c1-10-13(19-9-18-8-7-17-3)14(2)11-5-4-6-12(11)15(14,16)20-10/h10-13,16H,4-9H2,1-3H3/t10-,11+,12-,13+,14+,15+/m0/s1. The van der Waals surface area contributed by atoms with Gasteiger partial charge >= 0.3 is 0 Å². The van der Waals surface area contributed by atoms with Crippen molar-refractivity contribution in [3.63, 3.8) is 0 Å². The van der Waals surface area contributed by atoms with Gasteiger partial charge in [0.05, 0.1) is 30.8 Å². The molecule has 0 aromatic carbocycles. The average molecular weight is 286 g/mol. The van der Waals surface area contributed by atoms with Gasteiger partial charge in [0.1, 0.15) is 6.79 Å². The highest BCUT2D eigenvalue weighted by Gasteiger charge is 2.78. The Morgan fingerprint density at radius 1 is 1.25 bits per heavy atom. The summed E-state index contributed by atoms with van der Waals surface area (Å²) >= 11 is 0. The molecule has 20 heavy (non-hydrogen) atoms. The summed E-state index contributed by atoms with van der Waals surface area (Å²) < 4.78 is 22.1. The van der Waals surface area contributed by atoms with Crippen molar-refractivity contribution < 1.29 is 24.1 Å². The van der Waals surface area contributed by atoms with Gasteiger partial charge < -0.3 is 24.1 Å². The molecule has 0 spiro atoms. The van der Waals surface area contributed by atoms with Gasteiger partial charge in [-0.05, 0) is 25.7 Å². The van der Waals surface area contributed by atoms with Crippen LogP contribution in [0.5, 0.6) is 0 Å². The molecule has 0 unspecified atom stereocenters. The molecule has 5 nitrogen and oxygen atoms in total. The van der Waals surface area contributed by atoms with E-state index in [1.54, 1.807) is 7.11 Å². The maximum absolute atomic E-state index is 10.9. The molecule has 3 rings (SSSR count). The quantitative estimate of drug-likeness (QED) is 0.593. The SMILES string of the molecule is COCCOCO[C@@H]1[C@H](C)O[C@]2(O)[C@H]3CCC[C@H]3[C@]12C. The summed E-state index contributed by atoms with van der Waals surface area (Å²) in [5.74, 6) is -0.190. The molecular weight excluding hydrogens is 260 g/mol. The monoisotopic (exact) mass is 286 g/mol. The lowest BCUT2D eigenvalue weighted by atomic mass is 9.49. The summed E-state index contributed by atoms with van der Waals surface area (Å²) in [4.78, 5) is 0. The molecule has 3 fully saturated rings. The second-order valence-electron chi connectivity index (χ2n) is 6.55. The first-order valence-corrected chi connectivity index (χ1v) is 7.64. The zero-order valence-electron chi connectivity index (χ0n) is 12.6. The molecule has 1 saturated heterocycles. The summed E-state index contributed by atoms with van der Waals surface area (Å²) in [6.07, 6.45) is 3.23. The maximum atomic E-state index is 10.9. The smallest absolute Gasteiger partial charge is 0.177 e. The van der Waals surface area contributed by atoms with Crippen LogP contribution in [0.2, 0.25) is 0 Å². The number of methoxy groups -OCH3 is 1. The van der Waals surface area contributed by atoms with E-state index in [1.807, 2.05) is 6.92 Å². The minimum absolute atomic E-state index is 0.0957. The topological polar surface area (TPSA) is 57.2 Å². The van der Waals surface area contributed by atoms with Crippen LogP contribution in [0.1, 0.15) is 33.1 Å². The molecular formula is C15H26O5. The van der Waals surface area contributed by atoms with Crippen molar-refractivity contribution >= 4 is 0 Å². The zero-order valence-corrected chi connectivity index (χ0v) is 12.6. The highest BCUT2D eigenvalue weighted by Crippen LogP contribution is 2.71. The van der Waals surface area contributed by atoms with Crippen molar-refractivity contribution in [3.05, 3.63) is 0 Å². The largest absolute Gasteiger partial charge is 0.382 e. The lowest BCUT2D eigenvalue weighted by Gasteiger charge is -2.59. The van der Waals surface area contributed by atoms with Crippen LogP contribution < -0.4 is 0 Å². The van der Waals surface area contributed by atoms with Gasteiger partial charge in [0.15, 0.2) is 5.79 Å². The van der Waals surface area contributed by atoms with Gasteiger partial charge in [-0.1, -0.05) is 13.3 Å². The number of rotatable bonds is 6. The van der Waals surface area contributed by atoms with Gasteiger partial charge in [-0.25, -0.2) is 0 Å². The lowest BCUT2D eigenvalue weighted by Crippen LogP contribution is -2.68. The third-order valence-electron chi connectivity index (χ3n) is 5.71. The van der Waals surface area contributed by atoms with Crippen molar-refractivity contribution in [2.24, 2.45) is 17.3 Å². The molecule has 0 bridgehead atoms. The lowest BCUT2D eigenvalue weighted by molar-refractivity contribution is -0.354. The third kappa shape index (κ3) is 1.80. The summed E-state index contributed by atoms with van der Waals surface area (Å²) in [6, 6.07) is 0. The Morgan fingerprint density at radius 3 is 2.75 bits per heavy atom. The summed E-state index contributed by atoms with van der Waals surface area (Å²) in [5, 5.41) is 10.9. The van der Waals surface area contributed by atoms with Crippen LogP contribution in [-0.4, -0.2) is 50.2 Å². The van der Waals surface area contributed by atoms with Gasteiger partial charge in [0, 0.05) is 13.0 Å². The molecule has 0 aromatic rings. The number of hydrogen-bond donors (Lipinski definition) is 1. The van der Waals surface area contributed by atoms with Crippen LogP contribution in [0.3, 0.4) is 0 Å². The Balaban J connectivity index is 1.63. The van der Waals surface area contributed by atoms with Crippen LogP contribution in [0.4, 0.5) is 0 Å². The van der Waals surface area contributed by atoms with Gasteiger partial charge in [-0.15, -0.1) is 0 Å². The molecule has 1 N–H and O–H groups in total. The molecule has 0 radical (unpaired) electrons. The highest BCUT2D eigenvalue weighted by atomic mass is 16.7. The van der Waals surface area contributed by atoms with Crippen LogP contribution in [0.25, 0.3) is 0 Å². The number of aliphatic hydroxyl groups is 1. The van der Waals surface area contributed by atoms with Crippen molar-refractivity contribution in [1.82, 2.24) is 0 Å². The van der Waals surface area contributed by atoms with Crippen LogP contribution in [-0.2, 0) is 18.9 Å². The highest BCUT2D eigenvalue weighted by molar-refractivity contribution is 5.21. The molecule has 2 aliphatic carbocycles. The van der Waals surface area contributed by atoms with E-state index in [2.05, 4.69) is 6.92 Å². The van der Waals surface area contributed by atoms with E-state index in [9.17, 15) is 5.11 Å². The molecule has 5 heteroatoms. The molecule has 2 saturated carbocycles. The third-order valence-corrected chi connectivity index (χ3v) is 5.71. The number of ether oxygens (including phenoxy) is 4. The average Bonchev–Trinajstić information content (AvgIpc) is 2.94. The maximum Gasteiger partial charge on any atom is 0.177 e. The first-order chi connectivity index (χ1) is 9.55. The minimum Gasteiger partial charge on any atom is -0.382 e. The predicted octanol–water partition coefficient (Wildman–Crippen LogP) is 1.54. The Labute approximate surface area is 120 Å². The van der Waals surface area contributed by atoms with Crippen molar-refractivity contribution in [2.45, 2.75) is 51.1 Å². The molecule has 0 aromatic heterocycles. The summed E-state index contributed by atoms with van der Waals surface area (Å²) in [7, 11) is 1.65. The zero-order chi connectivity index (χ0) is 14.4. The Morgan fingerprint density at radius 2 is 2.00 bits per heavy atom. The fourth-order valence-electron chi connectivity index (χ4n) is 4.81. The van der Waals surface area contributed by atoms with Gasteiger partial charge in [0.2, 0.25) is 0 Å². The molecule has 0 amide bonds. The van der Waals surface area contributed by atoms with E-state index in [4.69, 9.17) is 18.9 Å². The number of fused-ring (bicyclic) bond motifs is 4.